The summed E-state index contributed by atoms with van der Waals surface area (Å²) in [6.07, 6.45) is 1.48. The average molecular weight is 524 g/mol. The van der Waals surface area contributed by atoms with Gasteiger partial charge in [-0.05, 0) is 54.6 Å². The van der Waals surface area contributed by atoms with Crippen LogP contribution in [-0.4, -0.2) is 40.8 Å². The van der Waals surface area contributed by atoms with E-state index in [-0.39, 0.29) is 17.4 Å². The molecule has 2 aliphatic rings. The maximum absolute atomic E-state index is 14.4. The van der Waals surface area contributed by atoms with Gasteiger partial charge in [-0.3, -0.25) is 9.36 Å². The fourth-order valence-corrected chi connectivity index (χ4v) is 3.98. The molecule has 2 aromatic rings. The third kappa shape index (κ3) is 4.01. The van der Waals surface area contributed by atoms with Crippen molar-refractivity contribution in [2.24, 2.45) is 12.0 Å². The van der Waals surface area contributed by atoms with Crippen molar-refractivity contribution in [3.8, 4) is 0 Å². The number of aliphatic imine (C=N–C) groups is 1. The predicted octanol–water partition coefficient (Wildman–Crippen LogP) is 3.97. The number of hydrogen-bond acceptors (Lipinski definition) is 6. The van der Waals surface area contributed by atoms with Crippen LogP contribution in [-0.2, 0) is 16.5 Å². The van der Waals surface area contributed by atoms with Gasteiger partial charge in [0, 0.05) is 22.4 Å². The Morgan fingerprint density at radius 3 is 2.80 bits per heavy atom. The summed E-state index contributed by atoms with van der Waals surface area (Å²) in [5, 5.41) is 3.04. The molecule has 0 bridgehead atoms. The van der Waals surface area contributed by atoms with Crippen LogP contribution < -0.4 is 10.9 Å². The van der Waals surface area contributed by atoms with Gasteiger partial charge in [0.25, 0.3) is 5.56 Å². The monoisotopic (exact) mass is 524 g/mol. The number of ether oxygens (including phenoxy) is 2. The fraction of sp³-hybridized carbons (Fsp3) is 0.333. The Kier molecular flexibility index (Phi) is 5.45. The molecule has 1 N–H and O–H groups in total. The normalized spacial score (nSPS) is 19.8. The van der Waals surface area contributed by atoms with E-state index in [2.05, 4.69) is 16.9 Å². The van der Waals surface area contributed by atoms with Crippen molar-refractivity contribution in [2.45, 2.75) is 25.7 Å². The minimum absolute atomic E-state index is 0.151. The van der Waals surface area contributed by atoms with Gasteiger partial charge in [-0.1, -0.05) is 6.58 Å². The Balaban J connectivity index is 1.68. The highest BCUT2D eigenvalue weighted by Crippen LogP contribution is 2.37. The fourth-order valence-electron chi connectivity index (χ4n) is 3.52. The molecule has 158 valence electrons. The summed E-state index contributed by atoms with van der Waals surface area (Å²) in [4.78, 5) is 18.8. The van der Waals surface area contributed by atoms with Crippen LogP contribution in [0.15, 0.2) is 40.6 Å². The first-order valence-electron chi connectivity index (χ1n) is 9.42. The molecule has 0 unspecified atom stereocenters. The van der Waals surface area contributed by atoms with Crippen LogP contribution >= 0.6 is 22.6 Å². The summed E-state index contributed by atoms with van der Waals surface area (Å²) < 4.78 is 28.2. The summed E-state index contributed by atoms with van der Waals surface area (Å²) in [5.41, 5.74) is 1.74. The molecule has 1 aromatic carbocycles. The van der Waals surface area contributed by atoms with E-state index in [0.717, 1.165) is 3.57 Å². The zero-order chi connectivity index (χ0) is 21.6. The molecular formula is C21H22FIN4O3. The molecular weight excluding hydrogens is 502 g/mol. The van der Waals surface area contributed by atoms with Gasteiger partial charge in [0.1, 0.15) is 17.7 Å². The van der Waals surface area contributed by atoms with Crippen LogP contribution in [0.4, 0.5) is 21.6 Å². The summed E-state index contributed by atoms with van der Waals surface area (Å²) in [6, 6.07) is 6.28. The highest BCUT2D eigenvalue weighted by atomic mass is 127. The maximum Gasteiger partial charge on any atom is 0.254 e. The summed E-state index contributed by atoms with van der Waals surface area (Å²) >= 11 is 2.05. The molecule has 9 heteroatoms. The molecule has 1 fully saturated rings. The molecule has 30 heavy (non-hydrogen) atoms. The second kappa shape index (κ2) is 7.78. The lowest BCUT2D eigenvalue weighted by Crippen LogP contribution is -2.35. The van der Waals surface area contributed by atoms with Crippen molar-refractivity contribution in [3.63, 3.8) is 0 Å². The predicted molar refractivity (Wildman–Crippen MR) is 123 cm³/mol. The lowest BCUT2D eigenvalue weighted by molar-refractivity contribution is -0.138. The van der Waals surface area contributed by atoms with Crippen LogP contribution in [0.1, 0.15) is 19.4 Å². The molecule has 3 heterocycles. The first-order chi connectivity index (χ1) is 14.1. The number of fused-ring (bicyclic) bond motifs is 1. The Hall–Kier alpha value is -2.24. The number of hydrogen-bond donors (Lipinski definition) is 1. The minimum atomic E-state index is -0.629. The van der Waals surface area contributed by atoms with E-state index in [1.807, 2.05) is 41.3 Å². The second-order valence-corrected chi connectivity index (χ2v) is 8.94. The van der Waals surface area contributed by atoms with E-state index < -0.39 is 11.6 Å². The molecule has 0 spiro atoms. The highest BCUT2D eigenvalue weighted by Gasteiger charge is 2.35. The Morgan fingerprint density at radius 1 is 1.37 bits per heavy atom. The smallest absolute Gasteiger partial charge is 0.254 e. The molecule has 1 atom stereocenters. The van der Waals surface area contributed by atoms with Crippen LogP contribution in [0.5, 0.6) is 0 Å². The number of pyridine rings is 1. The van der Waals surface area contributed by atoms with Crippen LogP contribution in [0.25, 0.3) is 5.70 Å². The minimum Gasteiger partial charge on any atom is -0.352 e. The number of nitrogens with one attached hydrogen (secondary N) is 1. The van der Waals surface area contributed by atoms with E-state index in [1.54, 1.807) is 25.5 Å². The molecule has 7 nitrogen and oxygen atoms in total. The number of nitrogens with zero attached hydrogens (tertiary/aromatic N) is 3. The van der Waals surface area contributed by atoms with Crippen molar-refractivity contribution < 1.29 is 13.9 Å². The third-order valence-corrected chi connectivity index (χ3v) is 5.70. The Morgan fingerprint density at radius 2 is 2.13 bits per heavy atom. The van der Waals surface area contributed by atoms with E-state index >= 15 is 0 Å². The number of aromatic nitrogens is 1. The summed E-state index contributed by atoms with van der Waals surface area (Å²) in [6.45, 7) is 8.91. The van der Waals surface area contributed by atoms with Gasteiger partial charge in [0.05, 0.1) is 36.4 Å². The van der Waals surface area contributed by atoms with Crippen molar-refractivity contribution in [2.75, 3.05) is 18.5 Å². The highest BCUT2D eigenvalue weighted by molar-refractivity contribution is 14.1. The van der Waals surface area contributed by atoms with Crippen molar-refractivity contribution in [1.29, 1.82) is 0 Å². The SMILES string of the molecule is C=C1c2c(Nc3ccc(I)cc3F)cc(=O)n(C)c2N=CN1C[C@H]1COC(C)(C)O1. The van der Waals surface area contributed by atoms with Gasteiger partial charge in [0.2, 0.25) is 0 Å². The van der Waals surface area contributed by atoms with Gasteiger partial charge < -0.3 is 19.7 Å². The average Bonchev–Trinajstić information content (AvgIpc) is 3.01. The molecule has 1 aromatic heterocycles. The lowest BCUT2D eigenvalue weighted by atomic mass is 10.1. The molecule has 0 aliphatic carbocycles. The topological polar surface area (TPSA) is 68.1 Å². The van der Waals surface area contributed by atoms with Gasteiger partial charge in [-0.2, -0.15) is 0 Å². The van der Waals surface area contributed by atoms with E-state index in [4.69, 9.17) is 9.47 Å². The van der Waals surface area contributed by atoms with Gasteiger partial charge in [0.15, 0.2) is 5.79 Å². The van der Waals surface area contributed by atoms with E-state index in [0.29, 0.717) is 35.9 Å². The van der Waals surface area contributed by atoms with Crippen molar-refractivity contribution in [3.05, 3.63) is 56.1 Å². The maximum atomic E-state index is 14.4. The third-order valence-electron chi connectivity index (χ3n) is 5.03. The van der Waals surface area contributed by atoms with Crippen LogP contribution in [0.3, 0.4) is 0 Å². The Bertz CT molecular complexity index is 1110. The molecule has 0 radical (unpaired) electrons. The lowest BCUT2D eigenvalue weighted by Gasteiger charge is -2.31. The van der Waals surface area contributed by atoms with Gasteiger partial charge >= 0.3 is 0 Å². The van der Waals surface area contributed by atoms with Crippen molar-refractivity contribution >= 4 is 51.8 Å². The second-order valence-electron chi connectivity index (χ2n) is 7.70. The first-order valence-corrected chi connectivity index (χ1v) is 10.5. The molecule has 2 aliphatic heterocycles. The molecule has 0 saturated carbocycles. The number of benzene rings is 1. The number of halogens is 2. The van der Waals surface area contributed by atoms with Crippen LogP contribution in [0.2, 0.25) is 0 Å². The van der Waals surface area contributed by atoms with Crippen LogP contribution in [0, 0.1) is 9.39 Å². The Labute approximate surface area is 187 Å². The molecule has 1 saturated heterocycles. The molecule has 4 rings (SSSR count). The standard InChI is InChI=1S/C21H22FIN4O3/c1-12-19-17(25-16-6-5-13(23)7-15(16)22)8-18(28)26(4)20(19)24-11-27(12)9-14-10-29-21(2,3)30-14/h5-8,11,14,25H,1,9-10H2,2-4H3/t14-/m0/s1. The van der Waals surface area contributed by atoms with E-state index in [9.17, 15) is 9.18 Å². The van der Waals surface area contributed by atoms with Gasteiger partial charge in [-0.15, -0.1) is 0 Å². The number of rotatable bonds is 4. The zero-order valence-electron chi connectivity index (χ0n) is 16.9. The molecule has 0 amide bonds. The van der Waals surface area contributed by atoms with Gasteiger partial charge in [-0.25, -0.2) is 9.38 Å². The largest absolute Gasteiger partial charge is 0.352 e. The van der Waals surface area contributed by atoms with E-state index in [1.165, 1.54) is 16.7 Å². The van der Waals surface area contributed by atoms with Crippen molar-refractivity contribution in [1.82, 2.24) is 9.47 Å². The zero-order valence-corrected chi connectivity index (χ0v) is 19.1. The number of anilines is 2. The summed E-state index contributed by atoms with van der Waals surface area (Å²) in [7, 11) is 1.65. The first kappa shape index (κ1) is 21.0. The quantitative estimate of drug-likeness (QED) is 0.614. The summed E-state index contributed by atoms with van der Waals surface area (Å²) in [5.74, 6) is -0.576.